The Bertz CT molecular complexity index is 625. The lowest BCUT2D eigenvalue weighted by Gasteiger charge is -2.35. The molecule has 0 aliphatic carbocycles. The van der Waals surface area contributed by atoms with Crippen molar-refractivity contribution in [3.63, 3.8) is 0 Å². The zero-order chi connectivity index (χ0) is 15.4. The first kappa shape index (κ1) is 14.6. The molecule has 1 N–H and O–H groups in total. The maximum atomic E-state index is 12.8. The molecule has 1 amide bonds. The third-order valence-corrected chi connectivity index (χ3v) is 4.24. The number of amides is 1. The normalized spacial score (nSPS) is 18.2. The van der Waals surface area contributed by atoms with Gasteiger partial charge in [-0.2, -0.15) is 5.10 Å². The number of benzene rings is 1. The SMILES string of the molecule is COc1ccccc1CC(=O)N1CCCCC1c1ccn[nH]1. The summed E-state index contributed by atoms with van der Waals surface area (Å²) < 4.78 is 5.35. The number of hydrogen-bond donors (Lipinski definition) is 1. The number of aromatic amines is 1. The molecule has 1 aliphatic heterocycles. The Balaban J connectivity index is 1.77. The second-order valence-electron chi connectivity index (χ2n) is 5.60. The zero-order valence-corrected chi connectivity index (χ0v) is 12.8. The van der Waals surface area contributed by atoms with Crippen LogP contribution in [0.25, 0.3) is 0 Å². The van der Waals surface area contributed by atoms with Gasteiger partial charge in [-0.3, -0.25) is 9.89 Å². The van der Waals surface area contributed by atoms with E-state index in [-0.39, 0.29) is 11.9 Å². The van der Waals surface area contributed by atoms with Crippen molar-refractivity contribution in [1.82, 2.24) is 15.1 Å². The number of rotatable bonds is 4. The molecule has 0 radical (unpaired) electrons. The van der Waals surface area contributed by atoms with Gasteiger partial charge in [-0.05, 0) is 31.4 Å². The second kappa shape index (κ2) is 6.64. The fraction of sp³-hybridized carbons (Fsp3) is 0.412. The summed E-state index contributed by atoms with van der Waals surface area (Å²) in [6.45, 7) is 0.803. The maximum absolute atomic E-state index is 12.8. The summed E-state index contributed by atoms with van der Waals surface area (Å²) in [7, 11) is 1.64. The van der Waals surface area contributed by atoms with Gasteiger partial charge >= 0.3 is 0 Å². The number of nitrogens with zero attached hydrogens (tertiary/aromatic N) is 2. The molecule has 3 rings (SSSR count). The Hall–Kier alpha value is -2.30. The lowest BCUT2D eigenvalue weighted by molar-refractivity contribution is -0.134. The molecule has 1 atom stereocenters. The van der Waals surface area contributed by atoms with Crippen molar-refractivity contribution in [1.29, 1.82) is 0 Å². The Kier molecular flexibility index (Phi) is 4.42. The number of para-hydroxylation sites is 1. The van der Waals surface area contributed by atoms with Gasteiger partial charge in [-0.25, -0.2) is 0 Å². The van der Waals surface area contributed by atoms with E-state index < -0.39 is 0 Å². The van der Waals surface area contributed by atoms with Crippen LogP contribution in [0.5, 0.6) is 5.75 Å². The predicted molar refractivity (Wildman–Crippen MR) is 83.6 cm³/mol. The molecule has 1 aromatic heterocycles. The maximum Gasteiger partial charge on any atom is 0.227 e. The summed E-state index contributed by atoms with van der Waals surface area (Å²) in [5.41, 5.74) is 1.96. The fourth-order valence-electron chi connectivity index (χ4n) is 3.12. The topological polar surface area (TPSA) is 58.2 Å². The van der Waals surface area contributed by atoms with Gasteiger partial charge in [0.05, 0.1) is 25.3 Å². The van der Waals surface area contributed by atoms with Gasteiger partial charge in [0.1, 0.15) is 5.75 Å². The molecule has 22 heavy (non-hydrogen) atoms. The van der Waals surface area contributed by atoms with E-state index in [2.05, 4.69) is 10.2 Å². The Morgan fingerprint density at radius 1 is 1.36 bits per heavy atom. The Morgan fingerprint density at radius 3 is 3.00 bits per heavy atom. The third-order valence-electron chi connectivity index (χ3n) is 4.24. The summed E-state index contributed by atoms with van der Waals surface area (Å²) in [4.78, 5) is 14.8. The van der Waals surface area contributed by atoms with Gasteiger partial charge < -0.3 is 9.64 Å². The quantitative estimate of drug-likeness (QED) is 0.944. The van der Waals surface area contributed by atoms with E-state index in [1.165, 1.54) is 0 Å². The summed E-state index contributed by atoms with van der Waals surface area (Å²) in [5.74, 6) is 0.912. The van der Waals surface area contributed by atoms with Crippen molar-refractivity contribution in [3.05, 3.63) is 47.8 Å². The molecule has 0 bridgehead atoms. The first-order valence-corrected chi connectivity index (χ1v) is 7.70. The Labute approximate surface area is 130 Å². The molecule has 1 unspecified atom stereocenters. The lowest BCUT2D eigenvalue weighted by Crippen LogP contribution is -2.39. The van der Waals surface area contributed by atoms with Crippen molar-refractivity contribution >= 4 is 5.91 Å². The summed E-state index contributed by atoms with van der Waals surface area (Å²) in [6.07, 6.45) is 5.30. The van der Waals surface area contributed by atoms with Gasteiger partial charge in [-0.1, -0.05) is 18.2 Å². The van der Waals surface area contributed by atoms with Crippen LogP contribution in [0.15, 0.2) is 36.5 Å². The van der Waals surface area contributed by atoms with Gasteiger partial charge in [0.25, 0.3) is 0 Å². The number of hydrogen-bond acceptors (Lipinski definition) is 3. The van der Waals surface area contributed by atoms with E-state index in [1.807, 2.05) is 35.2 Å². The second-order valence-corrected chi connectivity index (χ2v) is 5.60. The molecule has 1 fully saturated rings. The summed E-state index contributed by atoms with van der Waals surface area (Å²) in [5, 5.41) is 7.03. The Morgan fingerprint density at radius 2 is 2.23 bits per heavy atom. The number of methoxy groups -OCH3 is 1. The number of likely N-dealkylation sites (tertiary alicyclic amines) is 1. The van der Waals surface area contributed by atoms with E-state index in [4.69, 9.17) is 4.74 Å². The van der Waals surface area contributed by atoms with E-state index in [9.17, 15) is 4.79 Å². The first-order valence-electron chi connectivity index (χ1n) is 7.70. The highest BCUT2D eigenvalue weighted by molar-refractivity contribution is 5.80. The van der Waals surface area contributed by atoms with Crippen LogP contribution in [0.1, 0.15) is 36.6 Å². The molecule has 5 nitrogen and oxygen atoms in total. The van der Waals surface area contributed by atoms with E-state index in [0.29, 0.717) is 6.42 Å². The van der Waals surface area contributed by atoms with Crippen LogP contribution in [0.4, 0.5) is 0 Å². The standard InChI is InChI=1S/C17H21N3O2/c1-22-16-8-3-2-6-13(16)12-17(21)20-11-5-4-7-15(20)14-9-10-18-19-14/h2-3,6,8-10,15H,4-5,7,11-12H2,1H3,(H,18,19). The average Bonchev–Trinajstić information content (AvgIpc) is 3.09. The van der Waals surface area contributed by atoms with Crippen LogP contribution in [0.3, 0.4) is 0 Å². The highest BCUT2D eigenvalue weighted by atomic mass is 16.5. The van der Waals surface area contributed by atoms with Gasteiger partial charge in [-0.15, -0.1) is 0 Å². The minimum absolute atomic E-state index is 0.110. The van der Waals surface area contributed by atoms with Crippen LogP contribution in [0.2, 0.25) is 0 Å². The van der Waals surface area contributed by atoms with Crippen LogP contribution >= 0.6 is 0 Å². The van der Waals surface area contributed by atoms with E-state index >= 15 is 0 Å². The zero-order valence-electron chi connectivity index (χ0n) is 12.8. The number of carbonyl (C=O) groups is 1. The van der Waals surface area contributed by atoms with Gasteiger partial charge in [0, 0.05) is 18.3 Å². The fourth-order valence-corrected chi connectivity index (χ4v) is 3.12. The van der Waals surface area contributed by atoms with Crippen LogP contribution < -0.4 is 4.74 Å². The first-order chi connectivity index (χ1) is 10.8. The van der Waals surface area contributed by atoms with Crippen LogP contribution in [0, 0.1) is 0 Å². The monoisotopic (exact) mass is 299 g/mol. The molecule has 1 aromatic carbocycles. The number of carbonyl (C=O) groups excluding carboxylic acids is 1. The molecular weight excluding hydrogens is 278 g/mol. The molecule has 0 spiro atoms. The van der Waals surface area contributed by atoms with E-state index in [0.717, 1.165) is 42.8 Å². The van der Waals surface area contributed by atoms with Crippen molar-refractivity contribution in [2.24, 2.45) is 0 Å². The minimum atomic E-state index is 0.110. The van der Waals surface area contributed by atoms with Crippen molar-refractivity contribution in [3.8, 4) is 5.75 Å². The molecule has 1 saturated heterocycles. The number of ether oxygens (including phenoxy) is 1. The van der Waals surface area contributed by atoms with Crippen molar-refractivity contribution < 1.29 is 9.53 Å². The molecule has 1 aliphatic rings. The number of nitrogens with one attached hydrogen (secondary N) is 1. The molecule has 116 valence electrons. The van der Waals surface area contributed by atoms with Gasteiger partial charge in [0.15, 0.2) is 0 Å². The molecular formula is C17H21N3O2. The van der Waals surface area contributed by atoms with Crippen molar-refractivity contribution in [2.75, 3.05) is 13.7 Å². The number of H-pyrrole nitrogens is 1. The summed E-state index contributed by atoms with van der Waals surface area (Å²) in [6, 6.07) is 9.77. The highest BCUT2D eigenvalue weighted by Gasteiger charge is 2.29. The molecule has 2 aromatic rings. The average molecular weight is 299 g/mol. The third kappa shape index (κ3) is 2.98. The largest absolute Gasteiger partial charge is 0.496 e. The molecule has 0 saturated carbocycles. The highest BCUT2D eigenvalue weighted by Crippen LogP contribution is 2.30. The lowest BCUT2D eigenvalue weighted by atomic mass is 9.98. The number of piperidine rings is 1. The van der Waals surface area contributed by atoms with Gasteiger partial charge in [0.2, 0.25) is 5.91 Å². The minimum Gasteiger partial charge on any atom is -0.496 e. The van der Waals surface area contributed by atoms with E-state index in [1.54, 1.807) is 13.3 Å². The summed E-state index contributed by atoms with van der Waals surface area (Å²) >= 11 is 0. The molecule has 5 heteroatoms. The van der Waals surface area contributed by atoms with Crippen LogP contribution in [-0.4, -0.2) is 34.7 Å². The predicted octanol–water partition coefficient (Wildman–Crippen LogP) is 2.71. The number of aromatic nitrogens is 2. The molecule has 2 heterocycles. The smallest absolute Gasteiger partial charge is 0.227 e. The van der Waals surface area contributed by atoms with Crippen molar-refractivity contribution in [2.45, 2.75) is 31.7 Å². The van der Waals surface area contributed by atoms with Crippen LogP contribution in [-0.2, 0) is 11.2 Å².